The Kier molecular flexibility index (Phi) is 5.15. The molecule has 2 heterocycles. The van der Waals surface area contributed by atoms with Crippen LogP contribution in [0.25, 0.3) is 0 Å². The largest absolute Gasteiger partial charge is 0.493 e. The number of rotatable bonds is 4. The molecule has 0 bridgehead atoms. The van der Waals surface area contributed by atoms with Crippen LogP contribution < -0.4 is 14.8 Å². The number of carbonyl (C=O) groups is 1. The van der Waals surface area contributed by atoms with Gasteiger partial charge in [0.2, 0.25) is 5.91 Å². The number of benzene rings is 2. The van der Waals surface area contributed by atoms with E-state index in [9.17, 15) is 10.1 Å². The van der Waals surface area contributed by atoms with Gasteiger partial charge in [-0.25, -0.2) is 0 Å². The standard InChI is InChI=1S/C24H24N4O3/c1-24(2,3)18-9-14(12-25)5-7-19(18)31-20-8-6-15(10-21(20)30-4)16-11-22(29)27-23-17(16)13-26-28-23/h5-10,13,16H,11H2,1-4H3,(H2,26,27,28,29). The van der Waals surface area contributed by atoms with Gasteiger partial charge in [0.05, 0.1) is 18.7 Å². The first-order valence-corrected chi connectivity index (χ1v) is 10.0. The maximum absolute atomic E-state index is 12.1. The summed E-state index contributed by atoms with van der Waals surface area (Å²) in [4.78, 5) is 12.1. The summed E-state index contributed by atoms with van der Waals surface area (Å²) < 4.78 is 11.9. The van der Waals surface area contributed by atoms with Gasteiger partial charge in [-0.2, -0.15) is 10.4 Å². The van der Waals surface area contributed by atoms with Gasteiger partial charge in [0.1, 0.15) is 5.75 Å². The molecule has 1 aromatic heterocycles. The molecule has 2 aromatic carbocycles. The molecule has 0 spiro atoms. The molecule has 31 heavy (non-hydrogen) atoms. The number of fused-ring (bicyclic) bond motifs is 1. The van der Waals surface area contributed by atoms with E-state index in [4.69, 9.17) is 9.47 Å². The monoisotopic (exact) mass is 416 g/mol. The number of hydrogen-bond donors (Lipinski definition) is 2. The summed E-state index contributed by atoms with van der Waals surface area (Å²) in [5.41, 5.74) is 3.20. The van der Waals surface area contributed by atoms with Gasteiger partial charge in [0, 0.05) is 29.7 Å². The topological polar surface area (TPSA) is 100 Å². The maximum atomic E-state index is 12.1. The third-order valence-corrected chi connectivity index (χ3v) is 5.42. The van der Waals surface area contributed by atoms with Crippen molar-refractivity contribution in [1.29, 1.82) is 5.26 Å². The summed E-state index contributed by atoms with van der Waals surface area (Å²) >= 11 is 0. The summed E-state index contributed by atoms with van der Waals surface area (Å²) in [6.07, 6.45) is 2.14. The first-order valence-electron chi connectivity index (χ1n) is 10.0. The molecule has 4 rings (SSSR count). The number of H-pyrrole nitrogens is 1. The number of nitrogens with one attached hydrogen (secondary N) is 2. The molecule has 1 aliphatic rings. The predicted molar refractivity (Wildman–Crippen MR) is 117 cm³/mol. The fraction of sp³-hybridized carbons (Fsp3) is 0.292. The van der Waals surface area contributed by atoms with Gasteiger partial charge in [-0.3, -0.25) is 9.89 Å². The zero-order chi connectivity index (χ0) is 22.2. The third-order valence-electron chi connectivity index (χ3n) is 5.42. The Hall–Kier alpha value is -3.79. The number of aromatic amines is 1. The highest BCUT2D eigenvalue weighted by Crippen LogP contribution is 2.42. The van der Waals surface area contributed by atoms with Gasteiger partial charge in [-0.05, 0) is 41.3 Å². The number of hydrogen-bond acceptors (Lipinski definition) is 5. The first-order chi connectivity index (χ1) is 14.8. The Labute approximate surface area is 181 Å². The van der Waals surface area contributed by atoms with Crippen molar-refractivity contribution in [3.8, 4) is 23.3 Å². The molecule has 0 radical (unpaired) electrons. The zero-order valence-electron chi connectivity index (χ0n) is 17.9. The summed E-state index contributed by atoms with van der Waals surface area (Å²) in [5.74, 6) is 2.17. The van der Waals surface area contributed by atoms with E-state index in [1.165, 1.54) is 0 Å². The minimum Gasteiger partial charge on any atom is -0.493 e. The van der Waals surface area contributed by atoms with Gasteiger partial charge in [-0.15, -0.1) is 0 Å². The van der Waals surface area contributed by atoms with Gasteiger partial charge >= 0.3 is 0 Å². The fourth-order valence-electron chi connectivity index (χ4n) is 3.82. The molecule has 0 saturated carbocycles. The van der Waals surface area contributed by atoms with E-state index in [2.05, 4.69) is 42.4 Å². The van der Waals surface area contributed by atoms with Crippen molar-refractivity contribution in [3.05, 3.63) is 64.8 Å². The molecule has 1 amide bonds. The lowest BCUT2D eigenvalue weighted by Crippen LogP contribution is -2.23. The Morgan fingerprint density at radius 2 is 1.90 bits per heavy atom. The van der Waals surface area contributed by atoms with Crippen molar-refractivity contribution in [2.45, 2.75) is 38.5 Å². The number of amides is 1. The normalized spacial score (nSPS) is 15.6. The highest BCUT2D eigenvalue weighted by Gasteiger charge is 2.29. The molecular weight excluding hydrogens is 392 g/mol. The molecule has 1 aliphatic heterocycles. The van der Waals surface area contributed by atoms with Crippen molar-refractivity contribution in [3.63, 3.8) is 0 Å². The highest BCUT2D eigenvalue weighted by molar-refractivity contribution is 5.94. The number of aromatic nitrogens is 2. The molecule has 2 N–H and O–H groups in total. The van der Waals surface area contributed by atoms with E-state index in [0.717, 1.165) is 16.7 Å². The zero-order valence-corrected chi connectivity index (χ0v) is 17.9. The van der Waals surface area contributed by atoms with Gasteiger partial charge in [0.25, 0.3) is 0 Å². The van der Waals surface area contributed by atoms with Crippen LogP contribution in [0.1, 0.15) is 55.4 Å². The lowest BCUT2D eigenvalue weighted by Gasteiger charge is -2.24. The van der Waals surface area contributed by atoms with E-state index in [1.54, 1.807) is 13.2 Å². The summed E-state index contributed by atoms with van der Waals surface area (Å²) in [7, 11) is 1.59. The molecule has 1 atom stereocenters. The second-order valence-electron chi connectivity index (χ2n) is 8.58. The van der Waals surface area contributed by atoms with Crippen LogP contribution in [0.15, 0.2) is 42.6 Å². The smallest absolute Gasteiger partial charge is 0.226 e. The van der Waals surface area contributed by atoms with E-state index >= 15 is 0 Å². The number of methoxy groups -OCH3 is 1. The van der Waals surface area contributed by atoms with Crippen LogP contribution in [0, 0.1) is 11.3 Å². The maximum Gasteiger partial charge on any atom is 0.226 e. The highest BCUT2D eigenvalue weighted by atomic mass is 16.5. The van der Waals surface area contributed by atoms with Crippen LogP contribution in [0.5, 0.6) is 17.2 Å². The number of nitriles is 1. The van der Waals surface area contributed by atoms with E-state index in [0.29, 0.717) is 35.1 Å². The van der Waals surface area contributed by atoms with Crippen molar-refractivity contribution < 1.29 is 14.3 Å². The van der Waals surface area contributed by atoms with Crippen molar-refractivity contribution in [2.75, 3.05) is 12.4 Å². The van der Waals surface area contributed by atoms with E-state index < -0.39 is 0 Å². The average Bonchev–Trinajstić information content (AvgIpc) is 3.21. The first kappa shape index (κ1) is 20.5. The molecule has 7 nitrogen and oxygen atoms in total. The number of anilines is 1. The molecule has 3 aromatic rings. The van der Waals surface area contributed by atoms with Crippen molar-refractivity contribution in [1.82, 2.24) is 10.2 Å². The SMILES string of the molecule is COc1cc(C2CC(=O)Nc3n[nH]cc32)ccc1Oc1ccc(C#N)cc1C(C)(C)C. The molecule has 158 valence electrons. The van der Waals surface area contributed by atoms with Crippen LogP contribution in [-0.2, 0) is 10.2 Å². The third kappa shape index (κ3) is 3.97. The quantitative estimate of drug-likeness (QED) is 0.633. The summed E-state index contributed by atoms with van der Waals surface area (Å²) in [6, 6.07) is 13.3. The second-order valence-corrected chi connectivity index (χ2v) is 8.58. The summed E-state index contributed by atoms with van der Waals surface area (Å²) in [5, 5.41) is 19.0. The van der Waals surface area contributed by atoms with Crippen LogP contribution in [0.3, 0.4) is 0 Å². The Morgan fingerprint density at radius 1 is 1.13 bits per heavy atom. The van der Waals surface area contributed by atoms with Crippen LogP contribution >= 0.6 is 0 Å². The second kappa shape index (κ2) is 7.80. The lowest BCUT2D eigenvalue weighted by molar-refractivity contribution is -0.116. The predicted octanol–water partition coefficient (Wildman–Crippen LogP) is 4.85. The van der Waals surface area contributed by atoms with Gasteiger partial charge in [-0.1, -0.05) is 26.8 Å². The van der Waals surface area contributed by atoms with E-state index in [1.807, 2.05) is 36.5 Å². The van der Waals surface area contributed by atoms with Crippen LogP contribution in [0.4, 0.5) is 5.82 Å². The molecule has 1 unspecified atom stereocenters. The van der Waals surface area contributed by atoms with Gasteiger partial charge in [0.15, 0.2) is 17.3 Å². The van der Waals surface area contributed by atoms with Crippen LogP contribution in [0.2, 0.25) is 0 Å². The minimum absolute atomic E-state index is 0.0729. The Bertz CT molecular complexity index is 1180. The summed E-state index contributed by atoms with van der Waals surface area (Å²) in [6.45, 7) is 6.23. The number of nitrogens with zero attached hydrogens (tertiary/aromatic N) is 2. The Morgan fingerprint density at radius 3 is 2.61 bits per heavy atom. The average molecular weight is 416 g/mol. The fourth-order valence-corrected chi connectivity index (χ4v) is 3.82. The number of carbonyl (C=O) groups excluding carboxylic acids is 1. The lowest BCUT2D eigenvalue weighted by atomic mass is 9.85. The molecule has 0 fully saturated rings. The van der Waals surface area contributed by atoms with Crippen LogP contribution in [-0.4, -0.2) is 23.2 Å². The molecule has 7 heteroatoms. The Balaban J connectivity index is 1.70. The molecule has 0 aliphatic carbocycles. The number of ether oxygens (including phenoxy) is 2. The van der Waals surface area contributed by atoms with Gasteiger partial charge < -0.3 is 14.8 Å². The van der Waals surface area contributed by atoms with Crippen molar-refractivity contribution >= 4 is 11.7 Å². The molecule has 0 saturated heterocycles. The minimum atomic E-state index is -0.206. The van der Waals surface area contributed by atoms with E-state index in [-0.39, 0.29) is 17.2 Å². The van der Waals surface area contributed by atoms with Crippen molar-refractivity contribution in [2.24, 2.45) is 0 Å². The molecular formula is C24H24N4O3.